The molecule has 8 nitrogen and oxygen atoms in total. The van der Waals surface area contributed by atoms with Gasteiger partial charge in [0.25, 0.3) is 0 Å². The van der Waals surface area contributed by atoms with Crippen molar-refractivity contribution in [2.24, 2.45) is 5.73 Å². The van der Waals surface area contributed by atoms with Gasteiger partial charge in [0.1, 0.15) is 0 Å². The molecule has 0 radical (unpaired) electrons. The summed E-state index contributed by atoms with van der Waals surface area (Å²) in [5.41, 5.74) is 4.66. The van der Waals surface area contributed by atoms with Gasteiger partial charge in [-0.1, -0.05) is 0 Å². The Kier molecular flexibility index (Phi) is 3.82. The largest absolute Gasteiger partial charge is 1.00 e. The van der Waals surface area contributed by atoms with Crippen LogP contribution in [0.3, 0.4) is 0 Å². The molecular formula is C4H12NNaO7P2. The molecule has 0 heterocycles. The zero-order chi connectivity index (χ0) is 17.0. The van der Waals surface area contributed by atoms with E-state index >= 15 is 0 Å². The zero-order valence-electron chi connectivity index (χ0n) is 13.5. The van der Waals surface area contributed by atoms with Gasteiger partial charge >= 0.3 is 37.2 Å². The van der Waals surface area contributed by atoms with Crippen molar-refractivity contribution in [1.29, 1.82) is 0 Å². The molecule has 6 N–H and O–H groups in total. The second-order valence-electron chi connectivity index (χ2n) is 2.09. The van der Waals surface area contributed by atoms with Crippen LogP contribution in [0, 0.1) is 0 Å². The first kappa shape index (κ1) is 9.19. The number of hydrogen-bond donors (Lipinski definition) is 5. The van der Waals surface area contributed by atoms with Crippen molar-refractivity contribution in [2.75, 3.05) is 6.50 Å². The number of aliphatic hydroxyl groups is 1. The molecule has 0 fully saturated rings. The summed E-state index contributed by atoms with van der Waals surface area (Å²) in [6, 6.07) is 0. The van der Waals surface area contributed by atoms with Crippen LogP contribution in [0.4, 0.5) is 0 Å². The number of hydrogen-bond acceptors (Lipinski definition) is 5. The first-order valence-electron chi connectivity index (χ1n) is 5.86. The van der Waals surface area contributed by atoms with E-state index in [1.807, 2.05) is 0 Å². The summed E-state index contributed by atoms with van der Waals surface area (Å²) >= 11 is 0. The first-order chi connectivity index (χ1) is 8.25. The van der Waals surface area contributed by atoms with Crippen molar-refractivity contribution in [3.05, 3.63) is 0 Å². The predicted octanol–water partition coefficient (Wildman–Crippen LogP) is -4.90. The first-order valence-corrected chi connectivity index (χ1v) is 6.05. The molecule has 15 heavy (non-hydrogen) atoms. The Morgan fingerprint density at radius 3 is 2.00 bits per heavy atom. The minimum atomic E-state index is -6.59. The van der Waals surface area contributed by atoms with E-state index < -0.39 is 39.5 Å². The van der Waals surface area contributed by atoms with Gasteiger partial charge in [0.05, 0.1) is 0 Å². The summed E-state index contributed by atoms with van der Waals surface area (Å²) in [6.45, 7) is -3.64. The Balaban J connectivity index is 0. The average Bonchev–Trinajstić information content (AvgIpc) is 2.10. The average molecular weight is 277 g/mol. The fourth-order valence-corrected chi connectivity index (χ4v) is 2.14. The van der Waals surface area contributed by atoms with Crippen molar-refractivity contribution >= 4 is 15.2 Å². The number of nitrogens with two attached hydrogens (primary N) is 1. The van der Waals surface area contributed by atoms with Crippen LogP contribution in [0.5, 0.6) is 0 Å². The van der Waals surface area contributed by atoms with Crippen LogP contribution < -0.4 is 40.2 Å². The second-order valence-corrected chi connectivity index (χ2v) is 5.87. The summed E-state index contributed by atoms with van der Waals surface area (Å²) < 4.78 is 64.3. The van der Waals surface area contributed by atoms with Crippen LogP contribution in [-0.4, -0.2) is 31.4 Å². The molecule has 0 saturated heterocycles. The van der Waals surface area contributed by atoms with Crippen molar-refractivity contribution < 1.29 is 71.6 Å². The molecule has 0 amide bonds. The Bertz CT molecular complexity index is 462. The van der Waals surface area contributed by atoms with Crippen molar-refractivity contribution in [1.82, 2.24) is 0 Å². The minimum Gasteiger partial charge on any atom is -0.776 e. The van der Waals surface area contributed by atoms with Gasteiger partial charge in [-0.3, -0.25) is 4.57 Å². The molecule has 0 rings (SSSR count). The fraction of sp³-hybridized carbons (Fsp3) is 1.00. The second kappa shape index (κ2) is 6.23. The van der Waals surface area contributed by atoms with Gasteiger partial charge in [-0.05, 0) is 19.2 Å². The minimum absolute atomic E-state index is 0. The molecule has 11 heteroatoms. The fourth-order valence-electron chi connectivity index (χ4n) is 0.428. The molecule has 0 aromatic carbocycles. The van der Waals surface area contributed by atoms with Crippen molar-refractivity contribution in [3.63, 3.8) is 0 Å². The molecule has 2 unspecified atom stereocenters. The van der Waals surface area contributed by atoms with E-state index in [1.54, 1.807) is 0 Å². The van der Waals surface area contributed by atoms with Crippen molar-refractivity contribution in [3.8, 4) is 0 Å². The van der Waals surface area contributed by atoms with Gasteiger partial charge < -0.3 is 35.0 Å². The Labute approximate surface area is 117 Å². The van der Waals surface area contributed by atoms with Gasteiger partial charge in [0.2, 0.25) is 5.08 Å². The molecule has 0 spiro atoms. The van der Waals surface area contributed by atoms with Gasteiger partial charge in [-0.25, -0.2) is 0 Å². The van der Waals surface area contributed by atoms with E-state index in [2.05, 4.69) is 5.73 Å². The normalized spacial score (nSPS) is 28.7. The van der Waals surface area contributed by atoms with Crippen LogP contribution in [-0.2, 0) is 9.13 Å². The summed E-state index contributed by atoms with van der Waals surface area (Å²) in [4.78, 5) is 37.3. The van der Waals surface area contributed by atoms with E-state index in [0.29, 0.717) is 0 Å². The Morgan fingerprint density at radius 2 is 1.80 bits per heavy atom. The van der Waals surface area contributed by atoms with Gasteiger partial charge in [0.15, 0.2) is 7.60 Å². The van der Waals surface area contributed by atoms with E-state index in [0.717, 1.165) is 0 Å². The zero-order valence-corrected chi connectivity index (χ0v) is 11.3. The van der Waals surface area contributed by atoms with Gasteiger partial charge in [0, 0.05) is 8.22 Å². The maximum atomic E-state index is 11.1. The molecule has 0 aliphatic carbocycles. The quantitative estimate of drug-likeness (QED) is 0.246. The van der Waals surface area contributed by atoms with Gasteiger partial charge in [-0.15, -0.1) is 0 Å². The van der Waals surface area contributed by atoms with Crippen LogP contribution >= 0.6 is 15.2 Å². The third-order valence-electron chi connectivity index (χ3n) is 1.10. The molecule has 0 aromatic rings. The van der Waals surface area contributed by atoms with Crippen LogP contribution in [0.15, 0.2) is 0 Å². The van der Waals surface area contributed by atoms with E-state index in [9.17, 15) is 19.1 Å². The van der Waals surface area contributed by atoms with E-state index in [-0.39, 0.29) is 29.6 Å². The Morgan fingerprint density at radius 1 is 1.40 bits per heavy atom. The summed E-state index contributed by atoms with van der Waals surface area (Å²) in [5, 5.41) is 4.56. The maximum absolute atomic E-state index is 11.1. The Hall–Kier alpha value is 1.22. The summed E-state index contributed by atoms with van der Waals surface area (Å²) in [5.74, 6) is 0. The molecule has 0 aromatic heterocycles. The molecule has 2 atom stereocenters. The number of rotatable bonds is 5. The van der Waals surface area contributed by atoms with Crippen LogP contribution in [0.25, 0.3) is 0 Å². The van der Waals surface area contributed by atoms with Crippen molar-refractivity contribution in [2.45, 2.75) is 17.8 Å². The van der Waals surface area contributed by atoms with Crippen LogP contribution in [0.2, 0.25) is 0 Å². The summed E-state index contributed by atoms with van der Waals surface area (Å²) in [6.07, 6.45) is -8.60. The third kappa shape index (κ3) is 4.53. The van der Waals surface area contributed by atoms with Gasteiger partial charge in [-0.2, -0.15) is 0 Å². The SMILES string of the molecule is [2H]C([2H])(N)C([2H])([2H])C([2H])([2H])C(O)(P(=O)([O-])O)P(=O)(O)O.[Na+]. The summed E-state index contributed by atoms with van der Waals surface area (Å²) in [7, 11) is -13.0. The third-order valence-corrected chi connectivity index (χ3v) is 4.47. The van der Waals surface area contributed by atoms with E-state index in [4.69, 9.17) is 22.9 Å². The molecule has 0 bridgehead atoms. The maximum Gasteiger partial charge on any atom is 1.00 e. The smallest absolute Gasteiger partial charge is 0.776 e. The van der Waals surface area contributed by atoms with E-state index in [1.165, 1.54) is 0 Å². The monoisotopic (exact) mass is 277 g/mol. The molecule has 86 valence electrons. The topological polar surface area (TPSA) is 164 Å². The molecular weight excluding hydrogens is 259 g/mol. The molecule has 0 aliphatic rings. The molecule has 0 aliphatic heterocycles. The van der Waals surface area contributed by atoms with Crippen LogP contribution in [0.1, 0.15) is 21.0 Å². The standard InChI is InChI=1S/C4H13NO7P2.Na/c5-3-1-2-4(6,13(7,8)9)14(10,11)12;/h6H,1-3,5H2,(H2,7,8,9)(H2,10,11,12);/q;+1/p-1/i1D2,2D2,3D2;. The predicted molar refractivity (Wildman–Crippen MR) is 45.1 cm³/mol. The molecule has 0 saturated carbocycles.